The smallest absolute Gasteiger partial charge is 0.229 e. The fourth-order valence-corrected chi connectivity index (χ4v) is 4.84. The zero-order valence-electron chi connectivity index (χ0n) is 15.3. The lowest BCUT2D eigenvalue weighted by molar-refractivity contribution is 0.236. The molecule has 0 bridgehead atoms. The van der Waals surface area contributed by atoms with Crippen LogP contribution in [-0.2, 0) is 8.99 Å². The van der Waals surface area contributed by atoms with Crippen LogP contribution in [0.3, 0.4) is 0 Å². The van der Waals surface area contributed by atoms with Crippen molar-refractivity contribution in [3.05, 3.63) is 11.3 Å². The van der Waals surface area contributed by atoms with E-state index in [1.165, 1.54) is 11.3 Å². The van der Waals surface area contributed by atoms with Gasteiger partial charge in [-0.25, -0.2) is 0 Å². The van der Waals surface area contributed by atoms with Gasteiger partial charge in [0, 0.05) is 18.7 Å². The SMILES string of the molecule is CCP(=O)(O)CCCCC1=C(O[SiH](C)C)C[C@@H](C(C)(C)C)C1. The van der Waals surface area contributed by atoms with E-state index in [1.807, 2.05) is 0 Å². The standard InChI is InChI=1S/C17H35O3PSi/c1-7-21(18,19)11-9-8-10-14-12-15(17(2,3)4)13-16(14)20-22(5)6/h15,22H,7-13H2,1-6H3,(H,18,19)/t15-/m0/s1. The highest BCUT2D eigenvalue weighted by Gasteiger charge is 2.33. The molecule has 0 spiro atoms. The Morgan fingerprint density at radius 1 is 1.27 bits per heavy atom. The topological polar surface area (TPSA) is 46.5 Å². The van der Waals surface area contributed by atoms with Gasteiger partial charge in [-0.3, -0.25) is 4.57 Å². The summed E-state index contributed by atoms with van der Waals surface area (Å²) in [6.07, 6.45) is 5.97. The molecule has 1 aliphatic rings. The van der Waals surface area contributed by atoms with Gasteiger partial charge in [0.25, 0.3) is 0 Å². The molecule has 0 aromatic carbocycles. The summed E-state index contributed by atoms with van der Waals surface area (Å²) >= 11 is 0. The first kappa shape index (κ1) is 20.0. The van der Waals surface area contributed by atoms with E-state index in [4.69, 9.17) is 4.43 Å². The van der Waals surface area contributed by atoms with Crippen LogP contribution in [0.1, 0.15) is 59.8 Å². The van der Waals surface area contributed by atoms with Crippen molar-refractivity contribution in [1.29, 1.82) is 0 Å². The Balaban J connectivity index is 2.57. The Kier molecular flexibility index (Phi) is 7.42. The average molecular weight is 347 g/mol. The Bertz CT molecular complexity index is 438. The molecular formula is C17H35O3PSi. The maximum absolute atomic E-state index is 11.7. The maximum Gasteiger partial charge on any atom is 0.229 e. The summed E-state index contributed by atoms with van der Waals surface area (Å²) in [5, 5.41) is 0. The molecule has 5 heteroatoms. The average Bonchev–Trinajstić information content (AvgIpc) is 2.77. The Morgan fingerprint density at radius 3 is 2.41 bits per heavy atom. The van der Waals surface area contributed by atoms with Gasteiger partial charge >= 0.3 is 0 Å². The van der Waals surface area contributed by atoms with Crippen molar-refractivity contribution in [2.75, 3.05) is 12.3 Å². The predicted octanol–water partition coefficient (Wildman–Crippen LogP) is 5.16. The van der Waals surface area contributed by atoms with E-state index in [0.29, 0.717) is 23.7 Å². The third-order valence-electron chi connectivity index (χ3n) is 4.65. The van der Waals surface area contributed by atoms with Crippen LogP contribution in [0.4, 0.5) is 0 Å². The van der Waals surface area contributed by atoms with Crippen LogP contribution in [0, 0.1) is 11.3 Å². The summed E-state index contributed by atoms with van der Waals surface area (Å²) in [6, 6.07) is 0. The molecule has 0 aromatic heterocycles. The van der Waals surface area contributed by atoms with Gasteiger partial charge in [0.1, 0.15) is 0 Å². The lowest BCUT2D eigenvalue weighted by Gasteiger charge is -2.27. The first-order chi connectivity index (χ1) is 10.0. The van der Waals surface area contributed by atoms with E-state index in [-0.39, 0.29) is 0 Å². The number of allylic oxidation sites excluding steroid dienone is 2. The number of hydrogen-bond donors (Lipinski definition) is 1. The lowest BCUT2D eigenvalue weighted by atomic mass is 9.78. The molecular weight excluding hydrogens is 311 g/mol. The third kappa shape index (κ3) is 6.60. The molecule has 0 radical (unpaired) electrons. The van der Waals surface area contributed by atoms with Gasteiger partial charge in [-0.05, 0) is 55.7 Å². The zero-order valence-corrected chi connectivity index (χ0v) is 17.4. The van der Waals surface area contributed by atoms with Gasteiger partial charge in [-0.15, -0.1) is 0 Å². The zero-order chi connectivity index (χ0) is 17.0. The second-order valence-corrected chi connectivity index (χ2v) is 13.1. The van der Waals surface area contributed by atoms with Crippen molar-refractivity contribution in [3.8, 4) is 0 Å². The van der Waals surface area contributed by atoms with Gasteiger partial charge in [-0.1, -0.05) is 27.7 Å². The van der Waals surface area contributed by atoms with Crippen molar-refractivity contribution in [2.45, 2.75) is 72.9 Å². The molecule has 22 heavy (non-hydrogen) atoms. The fourth-order valence-electron chi connectivity index (χ4n) is 2.98. The summed E-state index contributed by atoms with van der Waals surface area (Å²) in [5.41, 5.74) is 1.79. The minimum absolute atomic E-state index is 0.317. The summed E-state index contributed by atoms with van der Waals surface area (Å²) in [7, 11) is -3.91. The monoisotopic (exact) mass is 346 g/mol. The van der Waals surface area contributed by atoms with Crippen LogP contribution >= 0.6 is 7.37 Å². The van der Waals surface area contributed by atoms with Crippen LogP contribution in [-0.4, -0.2) is 26.3 Å². The van der Waals surface area contributed by atoms with E-state index in [0.717, 1.165) is 32.1 Å². The first-order valence-electron chi connectivity index (χ1n) is 8.73. The molecule has 0 aromatic rings. The van der Waals surface area contributed by atoms with E-state index < -0.39 is 16.4 Å². The first-order valence-corrected chi connectivity index (χ1v) is 13.5. The number of unbranched alkanes of at least 4 members (excludes halogenated alkanes) is 1. The normalized spacial score (nSPS) is 22.3. The summed E-state index contributed by atoms with van der Waals surface area (Å²) in [4.78, 5) is 9.66. The second kappa shape index (κ2) is 8.17. The molecule has 2 atom stereocenters. The lowest BCUT2D eigenvalue weighted by Crippen LogP contribution is -2.18. The maximum atomic E-state index is 11.7. The molecule has 0 saturated heterocycles. The van der Waals surface area contributed by atoms with Gasteiger partial charge in [-0.2, -0.15) is 0 Å². The molecule has 0 fully saturated rings. The van der Waals surface area contributed by atoms with E-state index in [1.54, 1.807) is 6.92 Å². The third-order valence-corrected chi connectivity index (χ3v) is 7.41. The predicted molar refractivity (Wildman–Crippen MR) is 98.3 cm³/mol. The minimum Gasteiger partial charge on any atom is -0.550 e. The fraction of sp³-hybridized carbons (Fsp3) is 0.882. The van der Waals surface area contributed by atoms with Crippen molar-refractivity contribution in [1.82, 2.24) is 0 Å². The molecule has 1 unspecified atom stereocenters. The Labute approximate surface area is 138 Å². The van der Waals surface area contributed by atoms with Crippen molar-refractivity contribution in [3.63, 3.8) is 0 Å². The molecule has 0 heterocycles. The van der Waals surface area contributed by atoms with Crippen molar-refractivity contribution < 1.29 is 13.9 Å². The molecule has 3 nitrogen and oxygen atoms in total. The van der Waals surface area contributed by atoms with E-state index in [2.05, 4.69) is 33.9 Å². The Hall–Kier alpha value is -0.0531. The molecule has 0 aliphatic heterocycles. The van der Waals surface area contributed by atoms with Gasteiger partial charge in [0.05, 0.1) is 5.76 Å². The number of hydrogen-bond acceptors (Lipinski definition) is 2. The molecule has 1 rings (SSSR count). The minimum atomic E-state index is -2.85. The highest BCUT2D eigenvalue weighted by atomic mass is 31.2. The van der Waals surface area contributed by atoms with Gasteiger partial charge < -0.3 is 9.32 Å². The van der Waals surface area contributed by atoms with Gasteiger partial charge in [0.15, 0.2) is 7.37 Å². The van der Waals surface area contributed by atoms with Crippen LogP contribution in [0.15, 0.2) is 11.3 Å². The van der Waals surface area contributed by atoms with Gasteiger partial charge in [0.2, 0.25) is 9.04 Å². The largest absolute Gasteiger partial charge is 0.550 e. The van der Waals surface area contributed by atoms with Crippen LogP contribution in [0.25, 0.3) is 0 Å². The van der Waals surface area contributed by atoms with Crippen LogP contribution in [0.2, 0.25) is 13.1 Å². The molecule has 130 valence electrons. The van der Waals surface area contributed by atoms with Crippen LogP contribution < -0.4 is 0 Å². The van der Waals surface area contributed by atoms with E-state index in [9.17, 15) is 9.46 Å². The highest BCUT2D eigenvalue weighted by Crippen LogP contribution is 2.45. The highest BCUT2D eigenvalue weighted by molar-refractivity contribution is 7.57. The van der Waals surface area contributed by atoms with Crippen molar-refractivity contribution >= 4 is 16.4 Å². The summed E-state index contributed by atoms with van der Waals surface area (Å²) < 4.78 is 17.9. The second-order valence-electron chi connectivity index (χ2n) is 8.01. The summed E-state index contributed by atoms with van der Waals surface area (Å²) in [6.45, 7) is 13.2. The number of rotatable bonds is 8. The molecule has 0 saturated carbocycles. The van der Waals surface area contributed by atoms with Crippen LogP contribution in [0.5, 0.6) is 0 Å². The Morgan fingerprint density at radius 2 is 1.91 bits per heavy atom. The quantitative estimate of drug-likeness (QED) is 0.375. The summed E-state index contributed by atoms with van der Waals surface area (Å²) in [5.74, 6) is 1.93. The molecule has 1 N–H and O–H groups in total. The molecule has 1 aliphatic carbocycles. The van der Waals surface area contributed by atoms with Crippen molar-refractivity contribution in [2.24, 2.45) is 11.3 Å². The van der Waals surface area contributed by atoms with E-state index >= 15 is 0 Å². The molecule has 0 amide bonds.